The van der Waals surface area contributed by atoms with E-state index in [-0.39, 0.29) is 12.0 Å². The van der Waals surface area contributed by atoms with Gasteiger partial charge in [0.2, 0.25) is 11.8 Å². The molecule has 0 amide bonds. The maximum atomic E-state index is 5.51. The Bertz CT molecular complexity index is 511. The average molecular weight is 231 g/mol. The molecule has 0 aliphatic carbocycles. The number of hydrogen-bond donors (Lipinski definition) is 1. The third-order valence-electron chi connectivity index (χ3n) is 2.61. The maximum absolute atomic E-state index is 5.51. The highest BCUT2D eigenvalue weighted by Gasteiger charge is 2.20. The number of aromatic nitrogens is 2. The van der Waals surface area contributed by atoms with Crippen molar-refractivity contribution in [3.8, 4) is 11.5 Å². The molecular weight excluding hydrogens is 214 g/mol. The van der Waals surface area contributed by atoms with E-state index in [0.29, 0.717) is 11.8 Å². The highest BCUT2D eigenvalue weighted by atomic mass is 16.4. The zero-order valence-electron chi connectivity index (χ0n) is 10.4. The van der Waals surface area contributed by atoms with E-state index >= 15 is 0 Å². The van der Waals surface area contributed by atoms with Crippen LogP contribution in [0.4, 0.5) is 0 Å². The molecule has 1 aromatic heterocycles. The molecule has 1 heterocycles. The van der Waals surface area contributed by atoms with Gasteiger partial charge in [-0.05, 0) is 17.0 Å². The van der Waals surface area contributed by atoms with Crippen molar-refractivity contribution >= 4 is 0 Å². The van der Waals surface area contributed by atoms with E-state index < -0.39 is 0 Å². The normalized spacial score (nSPS) is 11.8. The molecule has 2 N–H and O–H groups in total. The van der Waals surface area contributed by atoms with Crippen LogP contribution < -0.4 is 5.73 Å². The van der Waals surface area contributed by atoms with Crippen LogP contribution in [-0.4, -0.2) is 10.2 Å². The molecule has 0 fully saturated rings. The summed E-state index contributed by atoms with van der Waals surface area (Å²) in [4.78, 5) is 0. The van der Waals surface area contributed by atoms with Gasteiger partial charge < -0.3 is 10.2 Å². The Morgan fingerprint density at radius 1 is 1.18 bits per heavy atom. The molecule has 17 heavy (non-hydrogen) atoms. The third kappa shape index (κ3) is 2.36. The van der Waals surface area contributed by atoms with Gasteiger partial charge in [0.15, 0.2) is 0 Å². The molecule has 0 aliphatic rings. The summed E-state index contributed by atoms with van der Waals surface area (Å²) in [7, 11) is 0. The van der Waals surface area contributed by atoms with E-state index in [9.17, 15) is 0 Å². The fourth-order valence-electron chi connectivity index (χ4n) is 1.77. The second-order valence-corrected chi connectivity index (χ2v) is 5.00. The van der Waals surface area contributed by atoms with Crippen LogP contribution in [0.15, 0.2) is 28.7 Å². The predicted octanol–water partition coefficient (Wildman–Crippen LogP) is 2.49. The molecule has 0 saturated heterocycles. The second kappa shape index (κ2) is 4.30. The largest absolute Gasteiger partial charge is 0.419 e. The van der Waals surface area contributed by atoms with Gasteiger partial charge in [0.25, 0.3) is 0 Å². The topological polar surface area (TPSA) is 64.9 Å². The lowest BCUT2D eigenvalue weighted by Crippen LogP contribution is -2.12. The molecule has 0 unspecified atom stereocenters. The van der Waals surface area contributed by atoms with Crippen LogP contribution in [0.2, 0.25) is 0 Å². The lowest BCUT2D eigenvalue weighted by molar-refractivity contribution is 0.505. The summed E-state index contributed by atoms with van der Waals surface area (Å²) in [5.41, 5.74) is 7.67. The Labute approximate surface area is 101 Å². The van der Waals surface area contributed by atoms with E-state index in [1.165, 1.54) is 5.56 Å². The minimum atomic E-state index is 0.0357. The van der Waals surface area contributed by atoms with E-state index in [1.807, 2.05) is 18.2 Å². The molecule has 0 saturated carbocycles. The van der Waals surface area contributed by atoms with Crippen LogP contribution in [0.3, 0.4) is 0 Å². The van der Waals surface area contributed by atoms with Crippen molar-refractivity contribution in [2.24, 2.45) is 5.73 Å². The number of nitrogens with two attached hydrogens (primary N) is 1. The number of rotatable bonds is 2. The standard InChI is InChI=1S/C13H17N3O/c1-13(2,3)10-7-5-4-6-9(10)12-16-15-11(8-14)17-12/h4-7H,8,14H2,1-3H3. The summed E-state index contributed by atoms with van der Waals surface area (Å²) in [5, 5.41) is 7.93. The first kappa shape index (κ1) is 11.8. The number of hydrogen-bond acceptors (Lipinski definition) is 4. The molecule has 2 aromatic rings. The molecule has 0 aliphatic heterocycles. The smallest absolute Gasteiger partial charge is 0.248 e. The Morgan fingerprint density at radius 3 is 2.47 bits per heavy atom. The Hall–Kier alpha value is -1.68. The van der Waals surface area contributed by atoms with Gasteiger partial charge in [0.05, 0.1) is 6.54 Å². The van der Waals surface area contributed by atoms with Gasteiger partial charge >= 0.3 is 0 Å². The van der Waals surface area contributed by atoms with Crippen LogP contribution in [0.1, 0.15) is 32.2 Å². The summed E-state index contributed by atoms with van der Waals surface area (Å²) in [6, 6.07) is 8.07. The molecular formula is C13H17N3O. The molecule has 0 radical (unpaired) electrons. The quantitative estimate of drug-likeness (QED) is 0.862. The Morgan fingerprint density at radius 2 is 1.88 bits per heavy atom. The van der Waals surface area contributed by atoms with Crippen molar-refractivity contribution in [2.75, 3.05) is 0 Å². The molecule has 2 rings (SSSR count). The molecule has 0 atom stereocenters. The van der Waals surface area contributed by atoms with Crippen LogP contribution in [0, 0.1) is 0 Å². The highest BCUT2D eigenvalue weighted by molar-refractivity contribution is 5.60. The summed E-state index contributed by atoms with van der Waals surface area (Å²) in [6.45, 7) is 6.74. The van der Waals surface area contributed by atoms with E-state index in [1.54, 1.807) is 0 Å². The van der Waals surface area contributed by atoms with Crippen LogP contribution in [-0.2, 0) is 12.0 Å². The van der Waals surface area contributed by atoms with Crippen molar-refractivity contribution in [1.82, 2.24) is 10.2 Å². The molecule has 0 bridgehead atoms. The summed E-state index contributed by atoms with van der Waals surface area (Å²) >= 11 is 0. The minimum absolute atomic E-state index is 0.0357. The number of benzene rings is 1. The van der Waals surface area contributed by atoms with Gasteiger partial charge in [0.1, 0.15) is 0 Å². The van der Waals surface area contributed by atoms with E-state index in [2.05, 4.69) is 37.0 Å². The van der Waals surface area contributed by atoms with Gasteiger partial charge in [-0.25, -0.2) is 0 Å². The molecule has 1 aromatic carbocycles. The Balaban J connectivity index is 2.52. The van der Waals surface area contributed by atoms with E-state index in [4.69, 9.17) is 10.2 Å². The second-order valence-electron chi connectivity index (χ2n) is 5.00. The monoisotopic (exact) mass is 231 g/mol. The number of nitrogens with zero attached hydrogens (tertiary/aromatic N) is 2. The molecule has 0 spiro atoms. The first-order valence-corrected chi connectivity index (χ1v) is 5.64. The van der Waals surface area contributed by atoms with Crippen molar-refractivity contribution in [3.05, 3.63) is 35.7 Å². The zero-order valence-corrected chi connectivity index (χ0v) is 10.4. The van der Waals surface area contributed by atoms with Gasteiger partial charge in [-0.15, -0.1) is 10.2 Å². The fourth-order valence-corrected chi connectivity index (χ4v) is 1.77. The first-order valence-electron chi connectivity index (χ1n) is 5.64. The highest BCUT2D eigenvalue weighted by Crippen LogP contribution is 2.31. The maximum Gasteiger partial charge on any atom is 0.248 e. The molecule has 4 nitrogen and oxygen atoms in total. The average Bonchev–Trinajstić information content (AvgIpc) is 2.76. The van der Waals surface area contributed by atoms with Gasteiger partial charge in [-0.1, -0.05) is 39.0 Å². The predicted molar refractivity (Wildman–Crippen MR) is 66.3 cm³/mol. The van der Waals surface area contributed by atoms with Crippen LogP contribution in [0.5, 0.6) is 0 Å². The van der Waals surface area contributed by atoms with Crippen molar-refractivity contribution in [2.45, 2.75) is 32.7 Å². The van der Waals surface area contributed by atoms with Crippen LogP contribution >= 0.6 is 0 Å². The minimum Gasteiger partial charge on any atom is -0.419 e. The first-order chi connectivity index (χ1) is 8.02. The summed E-state index contributed by atoms with van der Waals surface area (Å²) in [6.07, 6.45) is 0. The molecule has 90 valence electrons. The van der Waals surface area contributed by atoms with Gasteiger partial charge in [0, 0.05) is 5.56 Å². The van der Waals surface area contributed by atoms with Crippen LogP contribution in [0.25, 0.3) is 11.5 Å². The summed E-state index contributed by atoms with van der Waals surface area (Å²) < 4.78 is 5.51. The van der Waals surface area contributed by atoms with Crippen molar-refractivity contribution in [3.63, 3.8) is 0 Å². The van der Waals surface area contributed by atoms with Gasteiger partial charge in [-0.3, -0.25) is 0 Å². The van der Waals surface area contributed by atoms with Crippen molar-refractivity contribution in [1.29, 1.82) is 0 Å². The van der Waals surface area contributed by atoms with Gasteiger partial charge in [-0.2, -0.15) is 0 Å². The molecule has 4 heteroatoms. The lowest BCUT2D eigenvalue weighted by Gasteiger charge is -2.21. The Kier molecular flexibility index (Phi) is 2.98. The SMILES string of the molecule is CC(C)(C)c1ccccc1-c1nnc(CN)o1. The third-order valence-corrected chi connectivity index (χ3v) is 2.61. The lowest BCUT2D eigenvalue weighted by atomic mass is 9.84. The zero-order chi connectivity index (χ0) is 12.5. The summed E-state index contributed by atoms with van der Waals surface area (Å²) in [5.74, 6) is 1.000. The van der Waals surface area contributed by atoms with E-state index in [0.717, 1.165) is 5.56 Å². The van der Waals surface area contributed by atoms with Crippen molar-refractivity contribution < 1.29 is 4.42 Å². The fraction of sp³-hybridized carbons (Fsp3) is 0.385.